The maximum absolute atomic E-state index is 12.0. The molecule has 0 spiro atoms. The Morgan fingerprint density at radius 2 is 2.15 bits per heavy atom. The van der Waals surface area contributed by atoms with Crippen LogP contribution in [0.15, 0.2) is 12.3 Å². The fourth-order valence-corrected chi connectivity index (χ4v) is 2.08. The summed E-state index contributed by atoms with van der Waals surface area (Å²) >= 11 is 0. The highest BCUT2D eigenvalue weighted by Gasteiger charge is 2.29. The SMILES string of the molecule is COC(=O)c1cc(NC(=O)C(C)C2CNC2)cn1C.Cl. The Labute approximate surface area is 124 Å². The van der Waals surface area contributed by atoms with E-state index >= 15 is 0 Å². The first-order valence-electron chi connectivity index (χ1n) is 6.29. The van der Waals surface area contributed by atoms with Crippen molar-refractivity contribution in [1.82, 2.24) is 9.88 Å². The second-order valence-electron chi connectivity index (χ2n) is 4.91. The van der Waals surface area contributed by atoms with Crippen LogP contribution in [0.5, 0.6) is 0 Å². The van der Waals surface area contributed by atoms with E-state index in [0.717, 1.165) is 13.1 Å². The maximum Gasteiger partial charge on any atom is 0.354 e. The fraction of sp³-hybridized carbons (Fsp3) is 0.538. The Hall–Kier alpha value is -1.53. The van der Waals surface area contributed by atoms with Crippen LogP contribution in [0.25, 0.3) is 0 Å². The summed E-state index contributed by atoms with van der Waals surface area (Å²) in [4.78, 5) is 23.5. The van der Waals surface area contributed by atoms with Crippen LogP contribution in [-0.2, 0) is 16.6 Å². The minimum absolute atomic E-state index is 0. The van der Waals surface area contributed by atoms with E-state index in [4.69, 9.17) is 0 Å². The Morgan fingerprint density at radius 1 is 1.50 bits per heavy atom. The van der Waals surface area contributed by atoms with E-state index < -0.39 is 5.97 Å². The van der Waals surface area contributed by atoms with Gasteiger partial charge in [-0.2, -0.15) is 0 Å². The Balaban J connectivity index is 0.00000200. The van der Waals surface area contributed by atoms with Crippen LogP contribution in [0.4, 0.5) is 5.69 Å². The molecule has 1 fully saturated rings. The zero-order valence-electron chi connectivity index (χ0n) is 11.8. The molecule has 0 saturated carbocycles. The summed E-state index contributed by atoms with van der Waals surface area (Å²) in [6.45, 7) is 3.69. The third kappa shape index (κ3) is 3.32. The number of amides is 1. The number of rotatable bonds is 4. The Kier molecular flexibility index (Phi) is 5.59. The summed E-state index contributed by atoms with van der Waals surface area (Å²) < 4.78 is 6.30. The molecule has 1 saturated heterocycles. The van der Waals surface area contributed by atoms with Crippen LogP contribution in [-0.4, -0.2) is 36.6 Å². The summed E-state index contributed by atoms with van der Waals surface area (Å²) in [5, 5.41) is 5.99. The minimum atomic E-state index is -0.417. The molecule has 1 amide bonds. The van der Waals surface area contributed by atoms with Gasteiger partial charge in [0.1, 0.15) is 5.69 Å². The molecule has 1 atom stereocenters. The molecule has 0 radical (unpaired) electrons. The number of aromatic nitrogens is 1. The van der Waals surface area contributed by atoms with Gasteiger partial charge in [-0.1, -0.05) is 6.92 Å². The van der Waals surface area contributed by atoms with Gasteiger partial charge >= 0.3 is 5.97 Å². The third-order valence-corrected chi connectivity index (χ3v) is 3.60. The number of methoxy groups -OCH3 is 1. The molecule has 1 aliphatic rings. The van der Waals surface area contributed by atoms with Gasteiger partial charge in [-0.05, 0) is 25.1 Å². The number of esters is 1. The molecular weight excluding hydrogens is 282 g/mol. The van der Waals surface area contributed by atoms with Gasteiger partial charge in [0.2, 0.25) is 5.91 Å². The van der Waals surface area contributed by atoms with E-state index in [1.54, 1.807) is 23.9 Å². The van der Waals surface area contributed by atoms with Crippen LogP contribution >= 0.6 is 12.4 Å². The lowest BCUT2D eigenvalue weighted by Gasteiger charge is -2.31. The van der Waals surface area contributed by atoms with Crippen LogP contribution in [0.3, 0.4) is 0 Å². The molecule has 0 aliphatic carbocycles. The van der Waals surface area contributed by atoms with Crippen molar-refractivity contribution in [1.29, 1.82) is 0 Å². The van der Waals surface area contributed by atoms with Gasteiger partial charge in [-0.25, -0.2) is 4.79 Å². The van der Waals surface area contributed by atoms with Gasteiger partial charge in [-0.3, -0.25) is 4.79 Å². The summed E-state index contributed by atoms with van der Waals surface area (Å²) in [5.41, 5.74) is 1.03. The van der Waals surface area contributed by atoms with Crippen molar-refractivity contribution in [2.24, 2.45) is 18.9 Å². The maximum atomic E-state index is 12.0. The lowest BCUT2D eigenvalue weighted by atomic mass is 9.88. The van der Waals surface area contributed by atoms with Crippen molar-refractivity contribution in [3.63, 3.8) is 0 Å². The monoisotopic (exact) mass is 301 g/mol. The van der Waals surface area contributed by atoms with E-state index in [1.807, 2.05) is 6.92 Å². The second-order valence-corrected chi connectivity index (χ2v) is 4.91. The number of hydrogen-bond acceptors (Lipinski definition) is 4. The molecule has 7 heteroatoms. The zero-order valence-corrected chi connectivity index (χ0v) is 12.6. The number of anilines is 1. The first-order valence-corrected chi connectivity index (χ1v) is 6.29. The number of ether oxygens (including phenoxy) is 1. The van der Waals surface area contributed by atoms with E-state index in [2.05, 4.69) is 15.4 Å². The summed E-state index contributed by atoms with van der Waals surface area (Å²) in [6.07, 6.45) is 1.70. The lowest BCUT2D eigenvalue weighted by Crippen LogP contribution is -2.48. The van der Waals surface area contributed by atoms with Gasteiger partial charge in [0.05, 0.1) is 12.8 Å². The average Bonchev–Trinajstić information content (AvgIpc) is 2.66. The fourth-order valence-electron chi connectivity index (χ4n) is 2.08. The normalized spacial score (nSPS) is 15.8. The number of halogens is 1. The molecule has 1 aromatic rings. The quantitative estimate of drug-likeness (QED) is 0.815. The number of carbonyl (C=O) groups excluding carboxylic acids is 2. The predicted octanol–water partition coefficient (Wildman–Crippen LogP) is 1.03. The molecule has 112 valence electrons. The topological polar surface area (TPSA) is 72.4 Å². The third-order valence-electron chi connectivity index (χ3n) is 3.60. The molecule has 2 rings (SSSR count). The van der Waals surface area contributed by atoms with E-state index in [0.29, 0.717) is 17.3 Å². The van der Waals surface area contributed by atoms with E-state index in [9.17, 15) is 9.59 Å². The highest BCUT2D eigenvalue weighted by Crippen LogP contribution is 2.19. The molecule has 2 heterocycles. The van der Waals surface area contributed by atoms with Crippen LogP contribution in [0.2, 0.25) is 0 Å². The molecule has 2 N–H and O–H groups in total. The summed E-state index contributed by atoms with van der Waals surface area (Å²) in [5.74, 6) is -0.0837. The number of nitrogens with one attached hydrogen (secondary N) is 2. The summed E-state index contributed by atoms with van der Waals surface area (Å²) in [6, 6.07) is 1.62. The van der Waals surface area contributed by atoms with Crippen molar-refractivity contribution in [2.75, 3.05) is 25.5 Å². The molecule has 0 aromatic carbocycles. The molecule has 1 aliphatic heterocycles. The average molecular weight is 302 g/mol. The van der Waals surface area contributed by atoms with Gasteiger partial charge < -0.3 is 19.9 Å². The highest BCUT2D eigenvalue weighted by atomic mass is 35.5. The first kappa shape index (κ1) is 16.5. The molecule has 1 unspecified atom stereocenters. The second kappa shape index (κ2) is 6.76. The highest BCUT2D eigenvalue weighted by molar-refractivity contribution is 5.95. The smallest absolute Gasteiger partial charge is 0.354 e. The Bertz CT molecular complexity index is 497. The molecule has 1 aromatic heterocycles. The predicted molar refractivity (Wildman–Crippen MR) is 78.2 cm³/mol. The van der Waals surface area contributed by atoms with Gasteiger partial charge in [0.15, 0.2) is 0 Å². The van der Waals surface area contributed by atoms with Crippen molar-refractivity contribution in [2.45, 2.75) is 6.92 Å². The standard InChI is InChI=1S/C13H19N3O3.ClH/c1-8(9-5-14-6-9)12(17)15-10-4-11(13(18)19-3)16(2)7-10;/h4,7-9,14H,5-6H2,1-3H3,(H,15,17);1H. The van der Waals surface area contributed by atoms with Gasteiger partial charge in [-0.15, -0.1) is 12.4 Å². The van der Waals surface area contributed by atoms with Crippen LogP contribution < -0.4 is 10.6 Å². The van der Waals surface area contributed by atoms with Crippen molar-refractivity contribution in [3.05, 3.63) is 18.0 Å². The first-order chi connectivity index (χ1) is 9.02. The van der Waals surface area contributed by atoms with Crippen molar-refractivity contribution < 1.29 is 14.3 Å². The van der Waals surface area contributed by atoms with Gasteiger partial charge in [0, 0.05) is 19.2 Å². The molecular formula is C13H20ClN3O3. The number of carbonyl (C=O) groups is 2. The molecule has 6 nitrogen and oxygen atoms in total. The zero-order chi connectivity index (χ0) is 14.0. The van der Waals surface area contributed by atoms with Crippen molar-refractivity contribution >= 4 is 30.0 Å². The summed E-state index contributed by atoms with van der Waals surface area (Å²) in [7, 11) is 3.07. The number of nitrogens with zero attached hydrogens (tertiary/aromatic N) is 1. The minimum Gasteiger partial charge on any atom is -0.464 e. The van der Waals surface area contributed by atoms with Crippen LogP contribution in [0, 0.1) is 11.8 Å². The van der Waals surface area contributed by atoms with Crippen LogP contribution in [0.1, 0.15) is 17.4 Å². The number of hydrogen-bond donors (Lipinski definition) is 2. The molecule has 0 bridgehead atoms. The van der Waals surface area contributed by atoms with E-state index in [-0.39, 0.29) is 24.2 Å². The van der Waals surface area contributed by atoms with Gasteiger partial charge in [0.25, 0.3) is 0 Å². The van der Waals surface area contributed by atoms with E-state index in [1.165, 1.54) is 7.11 Å². The molecule has 20 heavy (non-hydrogen) atoms. The largest absolute Gasteiger partial charge is 0.464 e. The van der Waals surface area contributed by atoms with Crippen molar-refractivity contribution in [3.8, 4) is 0 Å². The lowest BCUT2D eigenvalue weighted by molar-refractivity contribution is -0.121. The number of aryl methyl sites for hydroxylation is 1. The Morgan fingerprint density at radius 3 is 2.65 bits per heavy atom.